The smallest absolute Gasteiger partial charge is 0.284 e. The normalized spacial score (nSPS) is 10.9. The number of aromatic nitrogens is 3. The van der Waals surface area contributed by atoms with Gasteiger partial charge in [0, 0.05) is 5.38 Å². The van der Waals surface area contributed by atoms with Crippen LogP contribution in [0, 0.1) is 0 Å². The molecular weight excluding hydrogens is 380 g/mol. The molecule has 0 aliphatic carbocycles. The van der Waals surface area contributed by atoms with Crippen molar-refractivity contribution in [3.05, 3.63) is 41.3 Å². The summed E-state index contributed by atoms with van der Waals surface area (Å²) in [5.74, 6) is 0.740. The molecule has 0 saturated heterocycles. The van der Waals surface area contributed by atoms with E-state index in [9.17, 15) is 4.79 Å². The minimum Gasteiger partial charge on any atom is -0.459 e. The van der Waals surface area contributed by atoms with E-state index >= 15 is 0 Å². The van der Waals surface area contributed by atoms with Crippen molar-refractivity contribution in [3.8, 4) is 22.2 Å². The second-order valence-corrected chi connectivity index (χ2v) is 7.43. The number of furan rings is 1. The van der Waals surface area contributed by atoms with Crippen LogP contribution in [0.15, 0.2) is 55.3 Å². The first kappa shape index (κ1) is 16.1. The number of rotatable bonds is 6. The summed E-state index contributed by atoms with van der Waals surface area (Å²) in [7, 11) is 0. The maximum Gasteiger partial charge on any atom is 0.284 e. The van der Waals surface area contributed by atoms with Crippen molar-refractivity contribution in [2.45, 2.75) is 5.22 Å². The predicted octanol–water partition coefficient (Wildman–Crippen LogP) is 4.25. The molecule has 10 heteroatoms. The summed E-state index contributed by atoms with van der Waals surface area (Å²) in [5, 5.41) is 15.3. The summed E-state index contributed by atoms with van der Waals surface area (Å²) < 4.78 is 10.6. The first-order valence-corrected chi connectivity index (χ1v) is 9.82. The number of thiazole rings is 1. The zero-order chi connectivity index (χ0) is 17.1. The third-order valence-electron chi connectivity index (χ3n) is 2.99. The average Bonchev–Trinajstić information content (AvgIpc) is 3.40. The molecule has 1 N–H and O–H groups in total. The molecule has 0 radical (unpaired) electrons. The molecule has 0 bridgehead atoms. The number of thioether (sulfide) groups is 1. The molecule has 4 aromatic rings. The van der Waals surface area contributed by atoms with Crippen molar-refractivity contribution in [3.63, 3.8) is 0 Å². The fourth-order valence-electron chi connectivity index (χ4n) is 1.92. The van der Waals surface area contributed by atoms with E-state index < -0.39 is 0 Å². The van der Waals surface area contributed by atoms with Crippen molar-refractivity contribution in [1.29, 1.82) is 0 Å². The van der Waals surface area contributed by atoms with Crippen LogP contribution in [0.3, 0.4) is 0 Å². The molecule has 7 nitrogen and oxygen atoms in total. The number of carbonyl (C=O) groups excluding carboxylic acids is 1. The molecule has 126 valence electrons. The van der Waals surface area contributed by atoms with Gasteiger partial charge in [0.05, 0.1) is 22.6 Å². The highest BCUT2D eigenvalue weighted by atomic mass is 32.2. The van der Waals surface area contributed by atoms with Gasteiger partial charge in [-0.1, -0.05) is 17.8 Å². The first-order valence-electron chi connectivity index (χ1n) is 7.07. The molecule has 0 fully saturated rings. The van der Waals surface area contributed by atoms with E-state index in [4.69, 9.17) is 8.83 Å². The largest absolute Gasteiger partial charge is 0.459 e. The number of hydrogen-bond donors (Lipinski definition) is 1. The van der Waals surface area contributed by atoms with E-state index in [1.165, 1.54) is 17.6 Å². The Morgan fingerprint density at radius 2 is 2.20 bits per heavy atom. The quantitative estimate of drug-likeness (QED) is 0.492. The number of anilines is 1. The molecule has 0 spiro atoms. The molecule has 0 aliphatic rings. The zero-order valence-electron chi connectivity index (χ0n) is 12.5. The summed E-state index contributed by atoms with van der Waals surface area (Å²) in [6.45, 7) is 0. The van der Waals surface area contributed by atoms with Gasteiger partial charge in [-0.05, 0) is 23.6 Å². The molecule has 0 atom stereocenters. The van der Waals surface area contributed by atoms with Crippen molar-refractivity contribution >= 4 is 45.5 Å². The molecule has 0 unspecified atom stereocenters. The van der Waals surface area contributed by atoms with Gasteiger partial charge in [0.1, 0.15) is 0 Å². The monoisotopic (exact) mass is 390 g/mol. The number of amides is 1. The topological polar surface area (TPSA) is 94.0 Å². The number of thiophene rings is 1. The third-order valence-corrected chi connectivity index (χ3v) is 5.46. The number of hydrogen-bond acceptors (Lipinski definition) is 9. The van der Waals surface area contributed by atoms with E-state index in [1.807, 2.05) is 22.9 Å². The molecule has 0 aromatic carbocycles. The molecule has 4 heterocycles. The maximum atomic E-state index is 12.0. The van der Waals surface area contributed by atoms with Gasteiger partial charge in [-0.25, -0.2) is 4.98 Å². The second-order valence-electron chi connectivity index (χ2n) is 4.70. The van der Waals surface area contributed by atoms with Gasteiger partial charge in [-0.15, -0.1) is 32.9 Å². The summed E-state index contributed by atoms with van der Waals surface area (Å²) in [6, 6.07) is 7.42. The Labute approximate surface area is 154 Å². The van der Waals surface area contributed by atoms with Crippen LogP contribution in [0.4, 0.5) is 5.13 Å². The van der Waals surface area contributed by atoms with Crippen LogP contribution in [0.1, 0.15) is 0 Å². The van der Waals surface area contributed by atoms with Crippen LogP contribution in [-0.2, 0) is 4.79 Å². The van der Waals surface area contributed by atoms with Crippen molar-refractivity contribution < 1.29 is 13.6 Å². The first-order chi connectivity index (χ1) is 12.3. The Morgan fingerprint density at radius 3 is 3.00 bits per heavy atom. The molecular formula is C15H10N4O3S3. The zero-order valence-corrected chi connectivity index (χ0v) is 15.0. The van der Waals surface area contributed by atoms with Crippen LogP contribution in [0.2, 0.25) is 0 Å². The van der Waals surface area contributed by atoms with E-state index in [1.54, 1.807) is 23.5 Å². The summed E-state index contributed by atoms with van der Waals surface area (Å²) in [6.07, 6.45) is 1.53. The van der Waals surface area contributed by atoms with Crippen molar-refractivity contribution in [2.75, 3.05) is 11.1 Å². The van der Waals surface area contributed by atoms with Gasteiger partial charge in [-0.3, -0.25) is 4.79 Å². The predicted molar refractivity (Wildman–Crippen MR) is 96.8 cm³/mol. The Balaban J connectivity index is 1.32. The Morgan fingerprint density at radius 1 is 1.24 bits per heavy atom. The lowest BCUT2D eigenvalue weighted by Crippen LogP contribution is -2.13. The van der Waals surface area contributed by atoms with E-state index in [0.717, 1.165) is 22.3 Å². The highest BCUT2D eigenvalue weighted by Gasteiger charge is 2.14. The molecule has 0 aliphatic heterocycles. The van der Waals surface area contributed by atoms with E-state index in [2.05, 4.69) is 20.5 Å². The third kappa shape index (κ3) is 3.81. The summed E-state index contributed by atoms with van der Waals surface area (Å²) in [5.41, 5.74) is 0.864. The molecule has 1 amide bonds. The van der Waals surface area contributed by atoms with Gasteiger partial charge in [-0.2, -0.15) is 0 Å². The Kier molecular flexibility index (Phi) is 4.63. The lowest BCUT2D eigenvalue weighted by molar-refractivity contribution is -0.113. The van der Waals surface area contributed by atoms with E-state index in [-0.39, 0.29) is 17.6 Å². The average molecular weight is 390 g/mol. The van der Waals surface area contributed by atoms with E-state index in [0.29, 0.717) is 16.1 Å². The highest BCUT2D eigenvalue weighted by Crippen LogP contribution is 2.28. The van der Waals surface area contributed by atoms with Gasteiger partial charge >= 0.3 is 0 Å². The van der Waals surface area contributed by atoms with Crippen LogP contribution in [0.5, 0.6) is 0 Å². The summed E-state index contributed by atoms with van der Waals surface area (Å²) in [4.78, 5) is 17.5. The van der Waals surface area contributed by atoms with Crippen molar-refractivity contribution in [2.24, 2.45) is 0 Å². The van der Waals surface area contributed by atoms with Crippen LogP contribution in [0.25, 0.3) is 22.2 Å². The van der Waals surface area contributed by atoms with Crippen LogP contribution >= 0.6 is 34.4 Å². The SMILES string of the molecule is O=C(CSc1nnc(-c2ccco2)o1)Nc1nc(-c2cccs2)cs1. The molecule has 4 rings (SSSR count). The maximum absolute atomic E-state index is 12.0. The number of carbonyl (C=O) groups is 1. The fourth-order valence-corrected chi connectivity index (χ4v) is 3.97. The van der Waals surface area contributed by atoms with Gasteiger partial charge in [0.2, 0.25) is 5.91 Å². The minimum atomic E-state index is -0.185. The Bertz CT molecular complexity index is 960. The van der Waals surface area contributed by atoms with Gasteiger partial charge in [0.15, 0.2) is 10.9 Å². The van der Waals surface area contributed by atoms with Crippen molar-refractivity contribution in [1.82, 2.24) is 15.2 Å². The summed E-state index contributed by atoms with van der Waals surface area (Å²) >= 11 is 4.16. The van der Waals surface area contributed by atoms with Gasteiger partial charge in [0.25, 0.3) is 11.1 Å². The molecule has 25 heavy (non-hydrogen) atoms. The van der Waals surface area contributed by atoms with Crippen LogP contribution in [-0.4, -0.2) is 26.8 Å². The minimum absolute atomic E-state index is 0.147. The number of nitrogens with zero attached hydrogens (tertiary/aromatic N) is 3. The standard InChI is InChI=1S/C15H10N4O3S3/c20-12(17-14-16-9(7-24-14)11-4-2-6-23-11)8-25-15-19-18-13(22-15)10-3-1-5-21-10/h1-7H,8H2,(H,16,17,20). The Hall–Kier alpha value is -2.43. The fraction of sp³-hybridized carbons (Fsp3) is 0.0667. The molecule has 4 aromatic heterocycles. The molecule has 0 saturated carbocycles. The second kappa shape index (κ2) is 7.21. The lowest BCUT2D eigenvalue weighted by atomic mass is 10.4. The lowest BCUT2D eigenvalue weighted by Gasteiger charge is -1.98. The van der Waals surface area contributed by atoms with Crippen LogP contribution < -0.4 is 5.32 Å². The number of nitrogens with one attached hydrogen (secondary N) is 1. The highest BCUT2D eigenvalue weighted by molar-refractivity contribution is 7.99. The van der Waals surface area contributed by atoms with Gasteiger partial charge < -0.3 is 14.2 Å².